The molecular weight excluding hydrogens is 593 g/mol. The fraction of sp³-hybridized carbons (Fsp3) is 0.257. The van der Waals surface area contributed by atoms with E-state index in [1.165, 1.54) is 4.90 Å². The number of nitrogens with one attached hydrogen (secondary N) is 1. The second kappa shape index (κ2) is 15.3. The van der Waals surface area contributed by atoms with E-state index in [0.29, 0.717) is 18.9 Å². The van der Waals surface area contributed by atoms with E-state index in [0.717, 1.165) is 45.3 Å². The Hall–Kier alpha value is -4.70. The summed E-state index contributed by atoms with van der Waals surface area (Å²) in [5, 5.41) is 2.85. The molecule has 0 saturated carbocycles. The molecule has 0 aliphatic heterocycles. The first kappa shape index (κ1) is 33.2. The summed E-state index contributed by atoms with van der Waals surface area (Å²) in [5.74, 6) is -0.987. The van der Waals surface area contributed by atoms with Gasteiger partial charge < -0.3 is 15.0 Å². The predicted octanol–water partition coefficient (Wildman–Crippen LogP) is 5.50. The summed E-state index contributed by atoms with van der Waals surface area (Å²) in [5.41, 5.74) is 2.83. The molecule has 236 valence electrons. The lowest BCUT2D eigenvalue weighted by atomic mass is 10.0. The van der Waals surface area contributed by atoms with Gasteiger partial charge in [0.2, 0.25) is 11.8 Å². The summed E-state index contributed by atoms with van der Waals surface area (Å²) in [6, 6.07) is 26.8. The van der Waals surface area contributed by atoms with Crippen LogP contribution < -0.4 is 14.4 Å². The van der Waals surface area contributed by atoms with Crippen molar-refractivity contribution in [3.05, 3.63) is 126 Å². The summed E-state index contributed by atoms with van der Waals surface area (Å²) in [7, 11) is -4.34. The molecule has 0 bridgehead atoms. The topological polar surface area (TPSA) is 96.0 Å². The maximum Gasteiger partial charge on any atom is 0.264 e. The van der Waals surface area contributed by atoms with Crippen molar-refractivity contribution in [2.24, 2.45) is 0 Å². The van der Waals surface area contributed by atoms with Crippen molar-refractivity contribution >= 4 is 27.5 Å². The largest absolute Gasteiger partial charge is 0.494 e. The third kappa shape index (κ3) is 8.69. The number of ether oxygens (including phenoxy) is 1. The summed E-state index contributed by atoms with van der Waals surface area (Å²) in [4.78, 5) is 29.2. The molecule has 1 atom stereocenters. The number of anilines is 1. The highest BCUT2D eigenvalue weighted by atomic mass is 32.2. The Balaban J connectivity index is 1.79. The second-order valence-corrected chi connectivity index (χ2v) is 12.4. The van der Waals surface area contributed by atoms with Crippen molar-refractivity contribution in [2.45, 2.75) is 44.7 Å². The van der Waals surface area contributed by atoms with Crippen LogP contribution in [0.5, 0.6) is 5.75 Å². The second-order valence-electron chi connectivity index (χ2n) is 10.5. The molecule has 8 nitrogen and oxygen atoms in total. The summed E-state index contributed by atoms with van der Waals surface area (Å²) < 4.78 is 48.3. The van der Waals surface area contributed by atoms with Crippen LogP contribution in [-0.4, -0.2) is 50.9 Å². The van der Waals surface area contributed by atoms with E-state index in [1.807, 2.05) is 68.4 Å². The van der Waals surface area contributed by atoms with Crippen molar-refractivity contribution in [3.63, 3.8) is 0 Å². The Morgan fingerprint density at radius 2 is 1.53 bits per heavy atom. The molecule has 0 saturated heterocycles. The van der Waals surface area contributed by atoms with Crippen LogP contribution in [0, 0.1) is 12.7 Å². The minimum atomic E-state index is -4.34. The number of aryl methyl sites for hydroxylation is 1. The molecule has 0 aliphatic rings. The van der Waals surface area contributed by atoms with Gasteiger partial charge in [-0.25, -0.2) is 12.8 Å². The highest BCUT2D eigenvalue weighted by Gasteiger charge is 2.34. The first-order chi connectivity index (χ1) is 21.6. The average Bonchev–Trinajstić information content (AvgIpc) is 3.03. The maximum absolute atomic E-state index is 14.4. The van der Waals surface area contributed by atoms with Crippen molar-refractivity contribution in [1.29, 1.82) is 0 Å². The first-order valence-corrected chi connectivity index (χ1v) is 16.2. The van der Waals surface area contributed by atoms with Crippen LogP contribution in [0.25, 0.3) is 0 Å². The quantitative estimate of drug-likeness (QED) is 0.198. The first-order valence-electron chi connectivity index (χ1n) is 14.8. The van der Waals surface area contributed by atoms with E-state index in [4.69, 9.17) is 4.74 Å². The minimum absolute atomic E-state index is 0.0723. The fourth-order valence-electron chi connectivity index (χ4n) is 4.99. The highest BCUT2D eigenvalue weighted by molar-refractivity contribution is 7.92. The van der Waals surface area contributed by atoms with Gasteiger partial charge in [-0.3, -0.25) is 13.9 Å². The number of sulfonamides is 1. The van der Waals surface area contributed by atoms with Gasteiger partial charge in [-0.15, -0.1) is 0 Å². The van der Waals surface area contributed by atoms with Crippen LogP contribution in [-0.2, 0) is 32.6 Å². The van der Waals surface area contributed by atoms with E-state index in [2.05, 4.69) is 5.32 Å². The number of likely N-dealkylation sites (N-methyl/N-ethyl adjacent to an activating group) is 1. The smallest absolute Gasteiger partial charge is 0.264 e. The third-order valence-electron chi connectivity index (χ3n) is 7.17. The summed E-state index contributed by atoms with van der Waals surface area (Å²) in [6.07, 6.45) is 0.220. The van der Waals surface area contributed by atoms with Gasteiger partial charge in [0.05, 0.1) is 17.2 Å². The number of hydrogen-bond donors (Lipinski definition) is 1. The molecule has 0 aliphatic carbocycles. The van der Waals surface area contributed by atoms with Crippen molar-refractivity contribution < 1.29 is 27.1 Å². The van der Waals surface area contributed by atoms with Crippen LogP contribution in [0.1, 0.15) is 30.5 Å². The lowest BCUT2D eigenvalue weighted by Crippen LogP contribution is -2.53. The Morgan fingerprint density at radius 3 is 2.16 bits per heavy atom. The molecular formula is C35H38FN3O5S. The molecule has 0 heterocycles. The minimum Gasteiger partial charge on any atom is -0.494 e. The Labute approximate surface area is 264 Å². The zero-order valence-corrected chi connectivity index (χ0v) is 26.5. The van der Waals surface area contributed by atoms with Gasteiger partial charge in [-0.1, -0.05) is 60.2 Å². The van der Waals surface area contributed by atoms with Crippen LogP contribution in [0.2, 0.25) is 0 Å². The Kier molecular flexibility index (Phi) is 11.3. The van der Waals surface area contributed by atoms with Gasteiger partial charge in [0.25, 0.3) is 10.0 Å². The standard InChI is InChI=1S/C35H38FN3O5S/c1-4-37-35(41)33(23-27-11-7-6-8-12-27)38(24-28-13-9-10-26(3)22-28)34(40)25-39(30-16-18-31(19-17-30)44-5-2)45(42,43)32-20-14-29(36)15-21-32/h6-22,33H,4-5,23-25H2,1-3H3,(H,37,41)/t33-/m1/s1. The van der Waals surface area contributed by atoms with Gasteiger partial charge in [-0.2, -0.15) is 0 Å². The van der Waals surface area contributed by atoms with Gasteiger partial charge >= 0.3 is 0 Å². The van der Waals surface area contributed by atoms with E-state index >= 15 is 0 Å². The number of rotatable bonds is 14. The maximum atomic E-state index is 14.4. The van der Waals surface area contributed by atoms with Crippen LogP contribution in [0.4, 0.5) is 10.1 Å². The number of benzene rings is 4. The van der Waals surface area contributed by atoms with Crippen LogP contribution >= 0.6 is 0 Å². The Bertz CT molecular complexity index is 1680. The molecule has 4 aromatic carbocycles. The Morgan fingerprint density at radius 1 is 0.867 bits per heavy atom. The monoisotopic (exact) mass is 631 g/mol. The van der Waals surface area contributed by atoms with Crippen molar-refractivity contribution in [1.82, 2.24) is 10.2 Å². The van der Waals surface area contributed by atoms with E-state index < -0.39 is 34.3 Å². The molecule has 0 spiro atoms. The molecule has 0 fully saturated rings. The molecule has 45 heavy (non-hydrogen) atoms. The van der Waals surface area contributed by atoms with Crippen LogP contribution in [0.3, 0.4) is 0 Å². The number of amides is 2. The van der Waals surface area contributed by atoms with Crippen molar-refractivity contribution in [3.8, 4) is 5.75 Å². The molecule has 2 amide bonds. The number of hydrogen-bond acceptors (Lipinski definition) is 5. The van der Waals surface area contributed by atoms with Gasteiger partial charge in [0.15, 0.2) is 0 Å². The fourth-order valence-corrected chi connectivity index (χ4v) is 6.41. The average molecular weight is 632 g/mol. The van der Waals surface area contributed by atoms with E-state index in [1.54, 1.807) is 31.2 Å². The van der Waals surface area contributed by atoms with Gasteiger partial charge in [-0.05, 0) is 80.4 Å². The SMILES string of the molecule is CCNC(=O)[C@@H](Cc1ccccc1)N(Cc1cccc(C)c1)C(=O)CN(c1ccc(OCC)cc1)S(=O)(=O)c1ccc(F)cc1. The number of halogens is 1. The van der Waals surface area contributed by atoms with Gasteiger partial charge in [0.1, 0.15) is 24.2 Å². The van der Waals surface area contributed by atoms with Crippen molar-refractivity contribution in [2.75, 3.05) is 24.0 Å². The number of carbonyl (C=O) groups excluding carboxylic acids is 2. The molecule has 0 aromatic heterocycles. The zero-order valence-electron chi connectivity index (χ0n) is 25.6. The highest BCUT2D eigenvalue weighted by Crippen LogP contribution is 2.27. The molecule has 10 heteroatoms. The number of nitrogens with zero attached hydrogens (tertiary/aromatic N) is 2. The van der Waals surface area contributed by atoms with E-state index in [-0.39, 0.29) is 29.5 Å². The summed E-state index contributed by atoms with van der Waals surface area (Å²) in [6.45, 7) is 5.81. The van der Waals surface area contributed by atoms with Gasteiger partial charge in [0, 0.05) is 19.5 Å². The third-order valence-corrected chi connectivity index (χ3v) is 8.96. The zero-order chi connectivity index (χ0) is 32.4. The molecule has 4 aromatic rings. The van der Waals surface area contributed by atoms with E-state index in [9.17, 15) is 22.4 Å². The molecule has 4 rings (SSSR count). The lowest BCUT2D eigenvalue weighted by molar-refractivity contribution is -0.140. The predicted molar refractivity (Wildman–Crippen MR) is 173 cm³/mol. The molecule has 0 radical (unpaired) electrons. The normalized spacial score (nSPS) is 11.8. The molecule has 1 N–H and O–H groups in total. The summed E-state index contributed by atoms with van der Waals surface area (Å²) >= 11 is 0. The molecule has 0 unspecified atom stereocenters. The van der Waals surface area contributed by atoms with Crippen LogP contribution in [0.15, 0.2) is 108 Å². The lowest BCUT2D eigenvalue weighted by Gasteiger charge is -2.34. The number of carbonyl (C=O) groups is 2.